The van der Waals surface area contributed by atoms with Crippen molar-refractivity contribution in [3.63, 3.8) is 0 Å². The summed E-state index contributed by atoms with van der Waals surface area (Å²) in [7, 11) is 0. The zero-order valence-corrected chi connectivity index (χ0v) is 12.7. The van der Waals surface area contributed by atoms with Crippen LogP contribution >= 0.6 is 0 Å². The predicted molar refractivity (Wildman–Crippen MR) is 63.5 cm³/mol. The summed E-state index contributed by atoms with van der Waals surface area (Å²) in [5.74, 6) is 2.07. The van der Waals surface area contributed by atoms with Crippen molar-refractivity contribution in [2.24, 2.45) is 0 Å². The molecule has 0 saturated heterocycles. The van der Waals surface area contributed by atoms with E-state index in [1.54, 1.807) is 0 Å². The van der Waals surface area contributed by atoms with Gasteiger partial charge in [-0.15, -0.1) is 0 Å². The van der Waals surface area contributed by atoms with Crippen LogP contribution in [0.2, 0.25) is 0 Å². The van der Waals surface area contributed by atoms with E-state index < -0.39 is 0 Å². The van der Waals surface area contributed by atoms with Crippen molar-refractivity contribution in [1.29, 1.82) is 0 Å². The normalized spacial score (nSPS) is 10.3. The van der Waals surface area contributed by atoms with E-state index >= 15 is 0 Å². The van der Waals surface area contributed by atoms with E-state index in [4.69, 9.17) is 0 Å². The van der Waals surface area contributed by atoms with E-state index in [2.05, 4.69) is 56.5 Å². The van der Waals surface area contributed by atoms with E-state index in [9.17, 15) is 0 Å². The van der Waals surface area contributed by atoms with Crippen LogP contribution in [-0.4, -0.2) is 11.5 Å². The van der Waals surface area contributed by atoms with Gasteiger partial charge >= 0.3 is 78.9 Å². The fourth-order valence-corrected chi connectivity index (χ4v) is 1.57. The standard InChI is InChI=1S/C11H13BN.CH3.Y/c1-11(2,3)13-8-6-9-5-4-7-12-10(9)13;;/h4-7H,1-3H3;1H3;/q2*-1;. The van der Waals surface area contributed by atoms with Gasteiger partial charge in [-0.05, 0) is 0 Å². The number of nitrogens with zero attached hydrogens (tertiary/aromatic N) is 1. The molecule has 0 aliphatic rings. The van der Waals surface area contributed by atoms with Crippen LogP contribution in [0.3, 0.4) is 0 Å². The molecule has 0 aliphatic carbocycles. The largest absolute Gasteiger partial charge is 0.358 e. The van der Waals surface area contributed by atoms with Crippen LogP contribution in [0.15, 0.2) is 24.2 Å². The van der Waals surface area contributed by atoms with Crippen LogP contribution in [0, 0.1) is 13.6 Å². The fraction of sp³-hybridized carbons (Fsp3) is 0.333. The summed E-state index contributed by atoms with van der Waals surface area (Å²) >= 11 is 0. The van der Waals surface area contributed by atoms with Gasteiger partial charge in [0.2, 0.25) is 0 Å². The van der Waals surface area contributed by atoms with Crippen molar-refractivity contribution in [3.05, 3.63) is 37.8 Å². The summed E-state index contributed by atoms with van der Waals surface area (Å²) in [5.41, 5.74) is 1.37. The van der Waals surface area contributed by atoms with Gasteiger partial charge in [0.1, 0.15) is 0 Å². The first kappa shape index (κ1) is 15.1. The van der Waals surface area contributed by atoms with Crippen molar-refractivity contribution < 1.29 is 32.7 Å². The van der Waals surface area contributed by atoms with Crippen molar-refractivity contribution in [1.82, 2.24) is 4.57 Å². The summed E-state index contributed by atoms with van der Waals surface area (Å²) in [6, 6.07) is 6.22. The van der Waals surface area contributed by atoms with Crippen LogP contribution < -0.4 is 0 Å². The van der Waals surface area contributed by atoms with Crippen molar-refractivity contribution in [2.45, 2.75) is 26.3 Å². The van der Waals surface area contributed by atoms with Gasteiger partial charge in [0, 0.05) is 32.7 Å². The molecule has 1 radical (unpaired) electrons. The monoisotopic (exact) mass is 274 g/mol. The molecule has 2 aromatic rings. The minimum absolute atomic E-state index is 0. The van der Waals surface area contributed by atoms with Crippen LogP contribution in [0.25, 0.3) is 10.8 Å². The molecule has 2 rings (SSSR count). The fourth-order valence-electron chi connectivity index (χ4n) is 1.57. The first-order chi connectivity index (χ1) is 6.09. The number of fused-ring (bicyclic) bond motifs is 1. The maximum absolute atomic E-state index is 3.27. The Morgan fingerprint density at radius 1 is 1.33 bits per heavy atom. The number of rotatable bonds is 0. The second-order valence-electron chi connectivity index (χ2n) is 4.34. The predicted octanol–water partition coefficient (Wildman–Crippen LogP) is 2.98. The molecule has 0 N–H and O–H groups in total. The molecule has 3 heteroatoms. The van der Waals surface area contributed by atoms with Gasteiger partial charge in [0.25, 0.3) is 0 Å². The third-order valence-corrected chi connectivity index (χ3v) is 2.20. The average Bonchev–Trinajstić information content (AvgIpc) is 2.45. The molecule has 2 heterocycles. The van der Waals surface area contributed by atoms with E-state index in [0.717, 1.165) is 0 Å². The molecular weight excluding hydrogens is 258 g/mol. The van der Waals surface area contributed by atoms with Crippen LogP contribution in [0.5, 0.6) is 0 Å². The summed E-state index contributed by atoms with van der Waals surface area (Å²) in [6.45, 7) is 8.71. The summed E-state index contributed by atoms with van der Waals surface area (Å²) in [4.78, 5) is 0. The molecule has 1 nitrogen and oxygen atoms in total. The Morgan fingerprint density at radius 3 is 2.60 bits per heavy atom. The SMILES string of the molecule is CC(C)(C)n1[c-]cc2cccbc21.[CH3-].[Y]. The van der Waals surface area contributed by atoms with Crippen molar-refractivity contribution >= 4 is 17.7 Å². The molecule has 2 aromatic heterocycles. The molecular formula is C12H16BNY-2. The minimum Gasteiger partial charge on any atom is -0.358 e. The minimum atomic E-state index is 0. The van der Waals surface area contributed by atoms with Gasteiger partial charge in [-0.2, -0.15) is 0 Å². The molecule has 0 atom stereocenters. The molecule has 0 bridgehead atoms. The topological polar surface area (TPSA) is 4.93 Å². The molecule has 0 saturated carbocycles. The Bertz CT molecular complexity index is 428. The van der Waals surface area contributed by atoms with Crippen LogP contribution in [0.1, 0.15) is 20.8 Å². The molecule has 0 spiro atoms. The third kappa shape index (κ3) is 3.01. The zero-order chi connectivity index (χ0) is 9.47. The summed E-state index contributed by atoms with van der Waals surface area (Å²) in [6.07, 6.45) is 3.27. The summed E-state index contributed by atoms with van der Waals surface area (Å²) in [5, 5.41) is 1.26. The van der Waals surface area contributed by atoms with Crippen molar-refractivity contribution in [2.75, 3.05) is 0 Å². The maximum Gasteiger partial charge on any atom is 0 e. The molecule has 77 valence electrons. The average molecular weight is 274 g/mol. The molecule has 15 heavy (non-hydrogen) atoms. The second kappa shape index (κ2) is 5.41. The van der Waals surface area contributed by atoms with Gasteiger partial charge in [-0.25, -0.2) is 0 Å². The molecule has 0 fully saturated rings. The molecule has 0 aromatic carbocycles. The second-order valence-corrected chi connectivity index (χ2v) is 4.34. The summed E-state index contributed by atoms with van der Waals surface area (Å²) < 4.78 is 2.18. The van der Waals surface area contributed by atoms with Crippen molar-refractivity contribution in [3.8, 4) is 0 Å². The smallest absolute Gasteiger partial charge is 0 e. The Morgan fingerprint density at radius 2 is 2.00 bits per heavy atom. The van der Waals surface area contributed by atoms with E-state index in [0.29, 0.717) is 0 Å². The Balaban J connectivity index is 0.000000980. The van der Waals surface area contributed by atoms with E-state index in [1.165, 1.54) is 10.8 Å². The first-order valence-electron chi connectivity index (χ1n) is 4.58. The van der Waals surface area contributed by atoms with Gasteiger partial charge in [0.15, 0.2) is 0 Å². The van der Waals surface area contributed by atoms with Gasteiger partial charge in [0.05, 0.1) is 0 Å². The maximum atomic E-state index is 3.27. The van der Waals surface area contributed by atoms with Crippen LogP contribution in [0.4, 0.5) is 0 Å². The Kier molecular flexibility index (Phi) is 5.43. The third-order valence-electron chi connectivity index (χ3n) is 2.20. The number of hydrogen-bond donors (Lipinski definition) is 0. The quantitative estimate of drug-likeness (QED) is 0.651. The zero-order valence-electron chi connectivity index (χ0n) is 9.91. The molecule has 0 unspecified atom stereocenters. The van der Waals surface area contributed by atoms with E-state index in [-0.39, 0.29) is 45.7 Å². The van der Waals surface area contributed by atoms with E-state index in [1.807, 2.05) is 6.07 Å². The first-order valence-corrected chi connectivity index (χ1v) is 4.58. The van der Waals surface area contributed by atoms with Gasteiger partial charge in [-0.3, -0.25) is 0 Å². The Hall–Kier alpha value is 0.0588. The molecule has 0 amide bonds. The van der Waals surface area contributed by atoms with Gasteiger partial charge < -0.3 is 7.43 Å². The van der Waals surface area contributed by atoms with Gasteiger partial charge in [-0.1, -0.05) is 0 Å². The van der Waals surface area contributed by atoms with Crippen LogP contribution in [-0.2, 0) is 38.2 Å². The number of hydrogen-bond acceptors (Lipinski definition) is 0. The number of aromatic nitrogens is 1. The molecule has 0 aliphatic heterocycles. The Labute approximate surface area is 118 Å².